The third kappa shape index (κ3) is 3.63. The van der Waals surface area contributed by atoms with E-state index in [-0.39, 0.29) is 5.60 Å². The van der Waals surface area contributed by atoms with Crippen LogP contribution in [0.25, 0.3) is 21.6 Å². The topological polar surface area (TPSA) is 69.2 Å². The molecule has 6 nitrogen and oxygen atoms in total. The molecule has 0 atom stereocenters. The highest BCUT2D eigenvalue weighted by Crippen LogP contribution is 2.40. The molecule has 29 heavy (non-hydrogen) atoms. The number of rotatable bonds is 5. The number of pyridine rings is 1. The van der Waals surface area contributed by atoms with E-state index in [1.807, 2.05) is 29.7 Å². The van der Waals surface area contributed by atoms with Crippen molar-refractivity contribution in [2.75, 3.05) is 32.2 Å². The van der Waals surface area contributed by atoms with E-state index < -0.39 is 0 Å². The van der Waals surface area contributed by atoms with E-state index in [0.717, 1.165) is 67.5 Å². The lowest BCUT2D eigenvalue weighted by Gasteiger charge is -2.36. The zero-order valence-corrected chi connectivity index (χ0v) is 17.6. The van der Waals surface area contributed by atoms with Gasteiger partial charge in [0.2, 0.25) is 0 Å². The third-order valence-electron chi connectivity index (χ3n) is 6.15. The van der Waals surface area contributed by atoms with Crippen molar-refractivity contribution in [1.82, 2.24) is 15.0 Å². The predicted molar refractivity (Wildman–Crippen MR) is 116 cm³/mol. The molecule has 152 valence electrons. The van der Waals surface area contributed by atoms with Gasteiger partial charge in [-0.3, -0.25) is 4.98 Å². The zero-order chi connectivity index (χ0) is 19.7. The molecule has 1 saturated heterocycles. The molecular formula is C22H26N4O2S. The number of ether oxygens (including phenoxy) is 2. The Balaban J connectivity index is 1.57. The lowest BCUT2D eigenvalue weighted by atomic mass is 9.93. The molecule has 0 spiro atoms. The molecule has 0 aromatic carbocycles. The lowest BCUT2D eigenvalue weighted by molar-refractivity contribution is -0.0807. The quantitative estimate of drug-likeness (QED) is 0.678. The van der Waals surface area contributed by atoms with Gasteiger partial charge < -0.3 is 14.8 Å². The normalized spacial score (nSPS) is 18.5. The highest BCUT2D eigenvalue weighted by atomic mass is 32.1. The minimum Gasteiger partial charge on any atom is -0.381 e. The number of hydrogen-bond donors (Lipinski definition) is 1. The summed E-state index contributed by atoms with van der Waals surface area (Å²) in [7, 11) is 1.80. The summed E-state index contributed by atoms with van der Waals surface area (Å²) in [5.74, 6) is 1.65. The van der Waals surface area contributed by atoms with Crippen LogP contribution in [0.3, 0.4) is 0 Å². The second-order valence-corrected chi connectivity index (χ2v) is 8.97. The summed E-state index contributed by atoms with van der Waals surface area (Å²) in [5.41, 5.74) is 2.17. The summed E-state index contributed by atoms with van der Waals surface area (Å²) in [5, 5.41) is 4.85. The Hall–Kier alpha value is -2.09. The fourth-order valence-electron chi connectivity index (χ4n) is 4.35. The number of aromatic nitrogens is 3. The van der Waals surface area contributed by atoms with Crippen LogP contribution < -0.4 is 5.32 Å². The molecule has 2 aliphatic rings. The molecule has 0 saturated carbocycles. The van der Waals surface area contributed by atoms with Crippen LogP contribution in [0.5, 0.6) is 0 Å². The molecule has 0 radical (unpaired) electrons. The van der Waals surface area contributed by atoms with Crippen LogP contribution >= 0.6 is 11.3 Å². The maximum Gasteiger partial charge on any atom is 0.164 e. The summed E-state index contributed by atoms with van der Waals surface area (Å²) in [6.07, 6.45) is 10.1. The van der Waals surface area contributed by atoms with E-state index in [0.29, 0.717) is 0 Å². The molecule has 7 heteroatoms. The molecule has 5 rings (SSSR count). The van der Waals surface area contributed by atoms with Crippen LogP contribution in [0.2, 0.25) is 0 Å². The fourth-order valence-corrected chi connectivity index (χ4v) is 5.61. The van der Waals surface area contributed by atoms with Crippen molar-refractivity contribution in [3.8, 4) is 11.4 Å². The van der Waals surface area contributed by atoms with Crippen molar-refractivity contribution in [2.24, 2.45) is 0 Å². The Morgan fingerprint density at radius 2 is 2.07 bits per heavy atom. The SMILES string of the molecule is COC1(CNc2nc(-c3cccnc3)nc3sc4c(c23)CCCC4)CCOCC1. The molecule has 0 unspecified atom stereocenters. The van der Waals surface area contributed by atoms with E-state index in [2.05, 4.69) is 10.3 Å². The first-order valence-electron chi connectivity index (χ1n) is 10.4. The second kappa shape index (κ2) is 7.97. The van der Waals surface area contributed by atoms with E-state index >= 15 is 0 Å². The van der Waals surface area contributed by atoms with Gasteiger partial charge in [-0.2, -0.15) is 0 Å². The van der Waals surface area contributed by atoms with Crippen LogP contribution in [0.15, 0.2) is 24.5 Å². The molecular weight excluding hydrogens is 384 g/mol. The van der Waals surface area contributed by atoms with Gasteiger partial charge >= 0.3 is 0 Å². The number of fused-ring (bicyclic) bond motifs is 3. The minimum atomic E-state index is -0.208. The number of methoxy groups -OCH3 is 1. The molecule has 1 N–H and O–H groups in total. The van der Waals surface area contributed by atoms with Crippen molar-refractivity contribution in [3.05, 3.63) is 35.0 Å². The van der Waals surface area contributed by atoms with Crippen LogP contribution in [-0.2, 0) is 22.3 Å². The number of nitrogens with one attached hydrogen (secondary N) is 1. The maximum atomic E-state index is 5.93. The number of thiophene rings is 1. The summed E-state index contributed by atoms with van der Waals surface area (Å²) < 4.78 is 11.5. The largest absolute Gasteiger partial charge is 0.381 e. The molecule has 1 aliphatic heterocycles. The Labute approximate surface area is 174 Å². The van der Waals surface area contributed by atoms with E-state index in [1.165, 1.54) is 28.7 Å². The summed E-state index contributed by atoms with van der Waals surface area (Å²) >= 11 is 1.83. The van der Waals surface area contributed by atoms with Crippen molar-refractivity contribution in [1.29, 1.82) is 0 Å². The number of nitrogens with zero attached hydrogens (tertiary/aromatic N) is 3. The van der Waals surface area contributed by atoms with Gasteiger partial charge in [0, 0.05) is 62.5 Å². The van der Waals surface area contributed by atoms with Gasteiger partial charge in [0.25, 0.3) is 0 Å². The number of aryl methyl sites for hydroxylation is 2. The molecule has 0 amide bonds. The highest BCUT2D eigenvalue weighted by molar-refractivity contribution is 7.19. The standard InChI is InChI=1S/C22H26N4O2S/c1-27-22(8-11-28-12-9-22)14-24-20-18-16-6-2-3-7-17(16)29-21(18)26-19(25-20)15-5-4-10-23-13-15/h4-5,10,13H,2-3,6-9,11-12,14H2,1H3,(H,24,25,26). The van der Waals surface area contributed by atoms with E-state index in [9.17, 15) is 0 Å². The average Bonchev–Trinajstić information content (AvgIpc) is 3.17. The lowest BCUT2D eigenvalue weighted by Crippen LogP contribution is -2.44. The van der Waals surface area contributed by atoms with Crippen LogP contribution in [0.4, 0.5) is 5.82 Å². The number of hydrogen-bond acceptors (Lipinski definition) is 7. The Bertz CT molecular complexity index is 999. The predicted octanol–water partition coefficient (Wildman–Crippen LogP) is 4.24. The maximum absolute atomic E-state index is 5.93. The fraction of sp³-hybridized carbons (Fsp3) is 0.500. The Morgan fingerprint density at radius 3 is 2.86 bits per heavy atom. The zero-order valence-electron chi connectivity index (χ0n) is 16.7. The van der Waals surface area contributed by atoms with Crippen LogP contribution in [0.1, 0.15) is 36.1 Å². The van der Waals surface area contributed by atoms with Gasteiger partial charge in [0.05, 0.1) is 11.0 Å². The first kappa shape index (κ1) is 18.9. The molecule has 3 aromatic heterocycles. The Kier molecular flexibility index (Phi) is 5.20. The van der Waals surface area contributed by atoms with Crippen molar-refractivity contribution >= 4 is 27.4 Å². The third-order valence-corrected chi connectivity index (χ3v) is 7.34. The van der Waals surface area contributed by atoms with E-state index in [1.54, 1.807) is 13.3 Å². The highest BCUT2D eigenvalue weighted by Gasteiger charge is 2.33. The second-order valence-electron chi connectivity index (χ2n) is 7.88. The van der Waals surface area contributed by atoms with Crippen molar-refractivity contribution in [3.63, 3.8) is 0 Å². The summed E-state index contributed by atoms with van der Waals surface area (Å²) in [6, 6.07) is 3.94. The molecule has 0 bridgehead atoms. The molecule has 1 aliphatic carbocycles. The van der Waals surface area contributed by atoms with E-state index in [4.69, 9.17) is 19.4 Å². The first-order chi connectivity index (χ1) is 14.3. The first-order valence-corrected chi connectivity index (χ1v) is 11.2. The number of anilines is 1. The van der Waals surface area contributed by atoms with Gasteiger partial charge in [-0.1, -0.05) is 0 Å². The van der Waals surface area contributed by atoms with Gasteiger partial charge in [-0.15, -0.1) is 11.3 Å². The summed E-state index contributed by atoms with van der Waals surface area (Å²) in [6.45, 7) is 2.20. The van der Waals surface area contributed by atoms with Crippen molar-refractivity contribution in [2.45, 2.75) is 44.1 Å². The van der Waals surface area contributed by atoms with Gasteiger partial charge in [0.1, 0.15) is 10.6 Å². The van der Waals surface area contributed by atoms with Gasteiger partial charge in [-0.25, -0.2) is 9.97 Å². The van der Waals surface area contributed by atoms with Gasteiger partial charge in [-0.05, 0) is 43.4 Å². The van der Waals surface area contributed by atoms with Crippen LogP contribution in [-0.4, -0.2) is 47.4 Å². The van der Waals surface area contributed by atoms with Crippen molar-refractivity contribution < 1.29 is 9.47 Å². The molecule has 3 aromatic rings. The minimum absolute atomic E-state index is 0.208. The monoisotopic (exact) mass is 410 g/mol. The average molecular weight is 411 g/mol. The smallest absolute Gasteiger partial charge is 0.164 e. The van der Waals surface area contributed by atoms with Crippen LogP contribution in [0, 0.1) is 0 Å². The summed E-state index contributed by atoms with van der Waals surface area (Å²) in [4.78, 5) is 16.7. The molecule has 4 heterocycles. The van der Waals surface area contributed by atoms with Gasteiger partial charge in [0.15, 0.2) is 5.82 Å². The molecule has 1 fully saturated rings. The Morgan fingerprint density at radius 1 is 1.21 bits per heavy atom.